The molecule has 0 radical (unpaired) electrons. The average molecular weight is 247 g/mol. The molecule has 1 N–H and O–H groups in total. The first kappa shape index (κ1) is 13.5. The molecule has 0 spiro atoms. The molecule has 3 heteroatoms. The van der Waals surface area contributed by atoms with Crippen LogP contribution in [0.4, 0.5) is 0 Å². The molecule has 0 saturated carbocycles. The van der Waals surface area contributed by atoms with Crippen molar-refractivity contribution in [3.63, 3.8) is 0 Å². The zero-order valence-electron chi connectivity index (χ0n) is 11.8. The molecule has 3 nitrogen and oxygen atoms in total. The van der Waals surface area contributed by atoms with Gasteiger partial charge in [-0.3, -0.25) is 0 Å². The van der Waals surface area contributed by atoms with Gasteiger partial charge >= 0.3 is 0 Å². The number of rotatable bonds is 4. The van der Waals surface area contributed by atoms with Crippen LogP contribution in [-0.2, 0) is 0 Å². The molecule has 18 heavy (non-hydrogen) atoms. The highest BCUT2D eigenvalue weighted by Crippen LogP contribution is 2.21. The van der Waals surface area contributed by atoms with Crippen LogP contribution >= 0.6 is 0 Å². The largest absolute Gasteiger partial charge is 0.304 e. The quantitative estimate of drug-likeness (QED) is 0.879. The molecule has 1 unspecified atom stereocenters. The highest BCUT2D eigenvalue weighted by atomic mass is 15.5. The second kappa shape index (κ2) is 6.32. The predicted molar refractivity (Wildman–Crippen MR) is 76.2 cm³/mol. The minimum atomic E-state index is 0.412. The maximum Gasteiger partial charge on any atom is 0.0487 e. The normalized spacial score (nSPS) is 20.2. The Labute approximate surface area is 111 Å². The Hall–Kier alpha value is -0.900. The SMILES string of the molecule is CC(C)C(NN1CCN(C)CC1)c1ccccc1. The number of benzene rings is 1. The summed E-state index contributed by atoms with van der Waals surface area (Å²) in [5.74, 6) is 0.590. The van der Waals surface area contributed by atoms with E-state index in [0.29, 0.717) is 12.0 Å². The maximum atomic E-state index is 3.70. The van der Waals surface area contributed by atoms with Crippen molar-refractivity contribution < 1.29 is 0 Å². The predicted octanol–water partition coefficient (Wildman–Crippen LogP) is 2.14. The number of likely N-dealkylation sites (N-methyl/N-ethyl adjacent to an activating group) is 1. The van der Waals surface area contributed by atoms with Gasteiger partial charge in [0, 0.05) is 32.2 Å². The van der Waals surface area contributed by atoms with Gasteiger partial charge in [0.1, 0.15) is 0 Å². The Bertz CT molecular complexity index is 342. The number of hydrazine groups is 1. The van der Waals surface area contributed by atoms with Crippen molar-refractivity contribution in [2.45, 2.75) is 19.9 Å². The molecule has 1 atom stereocenters. The van der Waals surface area contributed by atoms with Gasteiger partial charge in [0.05, 0.1) is 0 Å². The molecule has 0 bridgehead atoms. The lowest BCUT2D eigenvalue weighted by Gasteiger charge is -2.36. The zero-order chi connectivity index (χ0) is 13.0. The van der Waals surface area contributed by atoms with Crippen molar-refractivity contribution in [1.29, 1.82) is 0 Å². The van der Waals surface area contributed by atoms with E-state index in [-0.39, 0.29) is 0 Å². The Morgan fingerprint density at radius 2 is 1.61 bits per heavy atom. The van der Waals surface area contributed by atoms with E-state index in [1.54, 1.807) is 0 Å². The van der Waals surface area contributed by atoms with E-state index in [0.717, 1.165) is 26.2 Å². The van der Waals surface area contributed by atoms with Crippen LogP contribution in [0, 0.1) is 5.92 Å². The van der Waals surface area contributed by atoms with E-state index in [4.69, 9.17) is 0 Å². The van der Waals surface area contributed by atoms with Crippen LogP contribution in [0.25, 0.3) is 0 Å². The molecule has 1 aromatic rings. The van der Waals surface area contributed by atoms with Gasteiger partial charge in [-0.1, -0.05) is 44.2 Å². The molecular weight excluding hydrogens is 222 g/mol. The Kier molecular flexibility index (Phi) is 4.75. The molecule has 1 aliphatic rings. The van der Waals surface area contributed by atoms with Gasteiger partial charge in [0.2, 0.25) is 0 Å². The molecule has 1 fully saturated rings. The molecule has 2 rings (SSSR count). The third kappa shape index (κ3) is 3.55. The summed E-state index contributed by atoms with van der Waals surface area (Å²) in [6, 6.07) is 11.2. The first-order valence-corrected chi connectivity index (χ1v) is 6.91. The third-order valence-electron chi connectivity index (χ3n) is 3.65. The zero-order valence-corrected chi connectivity index (χ0v) is 11.8. The Morgan fingerprint density at radius 3 is 2.17 bits per heavy atom. The topological polar surface area (TPSA) is 18.5 Å². The molecule has 1 heterocycles. The lowest BCUT2D eigenvalue weighted by atomic mass is 9.97. The molecule has 1 aliphatic heterocycles. The maximum absolute atomic E-state index is 3.70. The molecule has 100 valence electrons. The summed E-state index contributed by atoms with van der Waals surface area (Å²) in [6.45, 7) is 9.06. The van der Waals surface area contributed by atoms with Crippen LogP contribution in [0.1, 0.15) is 25.5 Å². The fourth-order valence-electron chi connectivity index (χ4n) is 2.40. The second-order valence-electron chi connectivity index (χ2n) is 5.55. The lowest BCUT2D eigenvalue weighted by molar-refractivity contribution is 0.0765. The highest BCUT2D eigenvalue weighted by Gasteiger charge is 2.20. The average Bonchev–Trinajstić information content (AvgIpc) is 2.38. The summed E-state index contributed by atoms with van der Waals surface area (Å²) in [5.41, 5.74) is 5.08. The molecule has 0 aliphatic carbocycles. The van der Waals surface area contributed by atoms with E-state index in [2.05, 4.69) is 66.6 Å². The summed E-state index contributed by atoms with van der Waals surface area (Å²) >= 11 is 0. The molecular formula is C15H25N3. The smallest absolute Gasteiger partial charge is 0.0487 e. The summed E-state index contributed by atoms with van der Waals surface area (Å²) in [5, 5.41) is 2.37. The van der Waals surface area contributed by atoms with Gasteiger partial charge in [0.15, 0.2) is 0 Å². The first-order valence-electron chi connectivity index (χ1n) is 6.91. The number of piperazine rings is 1. The second-order valence-corrected chi connectivity index (χ2v) is 5.55. The van der Waals surface area contributed by atoms with Crippen LogP contribution in [0.2, 0.25) is 0 Å². The Morgan fingerprint density at radius 1 is 1.00 bits per heavy atom. The fourth-order valence-corrected chi connectivity index (χ4v) is 2.40. The van der Waals surface area contributed by atoms with Crippen molar-refractivity contribution in [3.05, 3.63) is 35.9 Å². The summed E-state index contributed by atoms with van der Waals surface area (Å²) in [4.78, 5) is 2.38. The van der Waals surface area contributed by atoms with Gasteiger partial charge in [-0.05, 0) is 18.5 Å². The van der Waals surface area contributed by atoms with Gasteiger partial charge in [-0.25, -0.2) is 10.4 Å². The van der Waals surface area contributed by atoms with Crippen LogP contribution in [0.3, 0.4) is 0 Å². The van der Waals surface area contributed by atoms with Crippen molar-refractivity contribution >= 4 is 0 Å². The van der Waals surface area contributed by atoms with Gasteiger partial charge < -0.3 is 4.90 Å². The lowest BCUT2D eigenvalue weighted by Crippen LogP contribution is -2.52. The third-order valence-corrected chi connectivity index (χ3v) is 3.65. The highest BCUT2D eigenvalue weighted by molar-refractivity contribution is 5.19. The van der Waals surface area contributed by atoms with Crippen molar-refractivity contribution in [2.24, 2.45) is 5.92 Å². The van der Waals surface area contributed by atoms with E-state index in [1.807, 2.05) is 0 Å². The van der Waals surface area contributed by atoms with Crippen molar-refractivity contribution in [3.8, 4) is 0 Å². The fraction of sp³-hybridized carbons (Fsp3) is 0.600. The standard InChI is InChI=1S/C15H25N3/c1-13(2)15(14-7-5-4-6-8-14)16-18-11-9-17(3)10-12-18/h4-8,13,15-16H,9-12H2,1-3H3. The van der Waals surface area contributed by atoms with Crippen LogP contribution in [0.15, 0.2) is 30.3 Å². The molecule has 0 aromatic heterocycles. The van der Waals surface area contributed by atoms with E-state index in [9.17, 15) is 0 Å². The number of hydrogen-bond acceptors (Lipinski definition) is 3. The van der Waals surface area contributed by atoms with Gasteiger partial charge in [-0.2, -0.15) is 0 Å². The van der Waals surface area contributed by atoms with Gasteiger partial charge in [0.25, 0.3) is 0 Å². The minimum absolute atomic E-state index is 0.412. The van der Waals surface area contributed by atoms with Crippen molar-refractivity contribution in [1.82, 2.24) is 15.3 Å². The first-order chi connectivity index (χ1) is 8.66. The Balaban J connectivity index is 1.99. The molecule has 1 saturated heterocycles. The van der Waals surface area contributed by atoms with E-state index in [1.165, 1.54) is 5.56 Å². The van der Waals surface area contributed by atoms with E-state index < -0.39 is 0 Å². The molecule has 1 aromatic carbocycles. The molecule has 0 amide bonds. The van der Waals surface area contributed by atoms with Crippen molar-refractivity contribution in [2.75, 3.05) is 33.2 Å². The van der Waals surface area contributed by atoms with Gasteiger partial charge in [-0.15, -0.1) is 0 Å². The minimum Gasteiger partial charge on any atom is -0.304 e. The van der Waals surface area contributed by atoms with Crippen LogP contribution in [-0.4, -0.2) is 43.1 Å². The number of nitrogens with zero attached hydrogens (tertiary/aromatic N) is 2. The van der Waals surface area contributed by atoms with Crippen LogP contribution in [0.5, 0.6) is 0 Å². The summed E-state index contributed by atoms with van der Waals surface area (Å²) < 4.78 is 0. The number of nitrogens with one attached hydrogen (secondary N) is 1. The summed E-state index contributed by atoms with van der Waals surface area (Å²) in [6.07, 6.45) is 0. The number of hydrogen-bond donors (Lipinski definition) is 1. The van der Waals surface area contributed by atoms with E-state index >= 15 is 0 Å². The summed E-state index contributed by atoms with van der Waals surface area (Å²) in [7, 11) is 2.19. The monoisotopic (exact) mass is 247 g/mol. The van der Waals surface area contributed by atoms with Crippen LogP contribution < -0.4 is 5.43 Å².